The first kappa shape index (κ1) is 37.4. The Balaban J connectivity index is 1.65. The standard InChI is InChI=1S/C28H41N7O11S/c1-27(2,3)24(38)43-14-41-19(36)10-8-17(23(37)42-15-44-25(39)28(4,5)6)33-26(40)34-21-20-22(31-12-30-21)35(13-32-20)18-9-7-16(46-18)11-45-47-29/h12-13,16-18H,7-11,14-15,29H2,1-6H3,(H2,30,31,33,34,40). The summed E-state index contributed by atoms with van der Waals surface area (Å²) in [5.74, 6) is -2.95. The Morgan fingerprint density at radius 1 is 0.979 bits per heavy atom. The average Bonchev–Trinajstić information content (AvgIpc) is 3.64. The SMILES string of the molecule is CC(C)(C)C(=O)OCOC(=O)CCC(NC(=O)Nc1ncnc2c1ncn2C1CCC(COSN)O1)C(=O)OCOC(=O)C(C)(C)C. The van der Waals surface area contributed by atoms with Gasteiger partial charge in [0.2, 0.25) is 13.6 Å². The highest BCUT2D eigenvalue weighted by Gasteiger charge is 2.30. The molecule has 19 heteroatoms. The zero-order chi connectivity index (χ0) is 34.8. The van der Waals surface area contributed by atoms with Crippen molar-refractivity contribution in [3.8, 4) is 0 Å². The van der Waals surface area contributed by atoms with Crippen LogP contribution in [0, 0.1) is 10.8 Å². The fourth-order valence-electron chi connectivity index (χ4n) is 3.99. The number of hydrogen-bond donors (Lipinski definition) is 3. The van der Waals surface area contributed by atoms with Crippen molar-refractivity contribution in [3.63, 3.8) is 0 Å². The van der Waals surface area contributed by atoms with Crippen LogP contribution >= 0.6 is 12.2 Å². The molecule has 47 heavy (non-hydrogen) atoms. The highest BCUT2D eigenvalue weighted by atomic mass is 32.2. The van der Waals surface area contributed by atoms with E-state index in [0.29, 0.717) is 18.7 Å². The molecule has 1 fully saturated rings. The molecule has 260 valence electrons. The van der Waals surface area contributed by atoms with E-state index in [1.54, 1.807) is 46.1 Å². The summed E-state index contributed by atoms with van der Waals surface area (Å²) in [4.78, 5) is 74.9. The third-order valence-electron chi connectivity index (χ3n) is 6.56. The third-order valence-corrected chi connectivity index (χ3v) is 6.83. The normalized spacial score (nSPS) is 17.1. The van der Waals surface area contributed by atoms with Gasteiger partial charge in [0.25, 0.3) is 0 Å². The molecule has 2 aromatic rings. The van der Waals surface area contributed by atoms with Crippen molar-refractivity contribution < 1.29 is 51.8 Å². The number of nitrogens with zero attached hydrogens (tertiary/aromatic N) is 4. The second kappa shape index (κ2) is 16.7. The second-order valence-electron chi connectivity index (χ2n) is 12.5. The maximum atomic E-state index is 13.0. The largest absolute Gasteiger partial charge is 0.428 e. The molecule has 0 radical (unpaired) electrons. The molecule has 0 aliphatic carbocycles. The van der Waals surface area contributed by atoms with Crippen molar-refractivity contribution in [3.05, 3.63) is 12.7 Å². The van der Waals surface area contributed by atoms with Crippen LogP contribution in [-0.2, 0) is 47.0 Å². The predicted octanol–water partition coefficient (Wildman–Crippen LogP) is 2.49. The number of fused-ring (bicyclic) bond motifs is 1. The molecule has 0 bridgehead atoms. The van der Waals surface area contributed by atoms with Crippen LogP contribution in [0.4, 0.5) is 10.6 Å². The average molecular weight is 684 g/mol. The Morgan fingerprint density at radius 2 is 1.64 bits per heavy atom. The van der Waals surface area contributed by atoms with Gasteiger partial charge in [-0.3, -0.25) is 33.6 Å². The summed E-state index contributed by atoms with van der Waals surface area (Å²) in [6, 6.07) is -2.27. The summed E-state index contributed by atoms with van der Waals surface area (Å²) in [5.41, 5.74) is -0.995. The van der Waals surface area contributed by atoms with Crippen molar-refractivity contribution in [1.82, 2.24) is 24.8 Å². The lowest BCUT2D eigenvalue weighted by Gasteiger charge is -2.20. The van der Waals surface area contributed by atoms with Gasteiger partial charge < -0.3 is 29.0 Å². The maximum Gasteiger partial charge on any atom is 0.331 e. The van der Waals surface area contributed by atoms with Gasteiger partial charge >= 0.3 is 29.9 Å². The summed E-state index contributed by atoms with van der Waals surface area (Å²) in [6.07, 6.45) is 2.95. The predicted molar refractivity (Wildman–Crippen MR) is 164 cm³/mol. The van der Waals surface area contributed by atoms with Crippen LogP contribution in [-0.4, -0.2) is 81.8 Å². The molecule has 0 saturated carbocycles. The van der Waals surface area contributed by atoms with Gasteiger partial charge in [0.05, 0.1) is 42.1 Å². The van der Waals surface area contributed by atoms with Gasteiger partial charge in [-0.2, -0.15) is 0 Å². The van der Waals surface area contributed by atoms with Crippen molar-refractivity contribution in [1.29, 1.82) is 0 Å². The number of ether oxygens (including phenoxy) is 5. The Labute approximate surface area is 275 Å². The van der Waals surface area contributed by atoms with E-state index in [9.17, 15) is 24.0 Å². The van der Waals surface area contributed by atoms with E-state index in [1.165, 1.54) is 12.7 Å². The molecule has 1 saturated heterocycles. The third kappa shape index (κ3) is 11.3. The molecule has 18 nitrogen and oxygen atoms in total. The second-order valence-corrected chi connectivity index (χ2v) is 12.9. The molecule has 0 aromatic carbocycles. The Hall–Kier alpha value is -4.07. The summed E-state index contributed by atoms with van der Waals surface area (Å²) < 4.78 is 32.7. The number of carbonyl (C=O) groups is 5. The molecule has 2 aromatic heterocycles. The molecule has 3 rings (SSSR count). The quantitative estimate of drug-likeness (QED) is 0.112. The fourth-order valence-corrected chi connectivity index (χ4v) is 4.22. The van der Waals surface area contributed by atoms with E-state index in [4.69, 9.17) is 33.0 Å². The number of imidazole rings is 1. The van der Waals surface area contributed by atoms with Crippen LogP contribution in [0.2, 0.25) is 0 Å². The fraction of sp³-hybridized carbons (Fsp3) is 0.643. The molecular formula is C28H41N7O11S. The number of rotatable bonds is 14. The summed E-state index contributed by atoms with van der Waals surface area (Å²) in [5, 5.41) is 10.3. The number of esters is 4. The molecular weight excluding hydrogens is 642 g/mol. The van der Waals surface area contributed by atoms with Crippen LogP contribution in [0.5, 0.6) is 0 Å². The van der Waals surface area contributed by atoms with Crippen LogP contribution in [0.25, 0.3) is 11.2 Å². The lowest BCUT2D eigenvalue weighted by molar-refractivity contribution is -0.174. The van der Waals surface area contributed by atoms with Gasteiger partial charge in [0, 0.05) is 6.42 Å². The smallest absolute Gasteiger partial charge is 0.331 e. The minimum Gasteiger partial charge on any atom is -0.428 e. The topological polar surface area (TPSA) is 234 Å². The number of hydrogen-bond acceptors (Lipinski definition) is 16. The zero-order valence-electron chi connectivity index (χ0n) is 27.1. The number of nitrogens with two attached hydrogens (primary N) is 1. The monoisotopic (exact) mass is 683 g/mol. The van der Waals surface area contributed by atoms with E-state index in [1.807, 2.05) is 0 Å². The first-order valence-electron chi connectivity index (χ1n) is 14.7. The maximum absolute atomic E-state index is 13.0. The highest BCUT2D eigenvalue weighted by molar-refractivity contribution is 7.92. The van der Waals surface area contributed by atoms with Gasteiger partial charge in [0.1, 0.15) is 18.6 Å². The first-order valence-corrected chi connectivity index (χ1v) is 15.5. The van der Waals surface area contributed by atoms with Crippen molar-refractivity contribution in [2.75, 3.05) is 25.5 Å². The van der Waals surface area contributed by atoms with E-state index in [-0.39, 0.29) is 36.5 Å². The van der Waals surface area contributed by atoms with Crippen LogP contribution in [0.15, 0.2) is 12.7 Å². The van der Waals surface area contributed by atoms with Crippen molar-refractivity contribution in [2.24, 2.45) is 16.0 Å². The van der Waals surface area contributed by atoms with Crippen LogP contribution in [0.3, 0.4) is 0 Å². The summed E-state index contributed by atoms with van der Waals surface area (Å²) >= 11 is 0.764. The minimum absolute atomic E-state index is 0.0370. The zero-order valence-corrected chi connectivity index (χ0v) is 27.9. The molecule has 0 spiro atoms. The molecule has 3 atom stereocenters. The first-order chi connectivity index (χ1) is 22.1. The molecule has 1 aliphatic heterocycles. The highest BCUT2D eigenvalue weighted by Crippen LogP contribution is 2.31. The van der Waals surface area contributed by atoms with Gasteiger partial charge in [0.15, 0.2) is 17.0 Å². The number of amides is 2. The van der Waals surface area contributed by atoms with E-state index >= 15 is 0 Å². The number of urea groups is 1. The Morgan fingerprint density at radius 3 is 2.28 bits per heavy atom. The molecule has 4 N–H and O–H groups in total. The van der Waals surface area contributed by atoms with E-state index < -0.39 is 60.4 Å². The minimum atomic E-state index is -1.39. The Bertz CT molecular complexity index is 1420. The van der Waals surface area contributed by atoms with Gasteiger partial charge in [-0.1, -0.05) is 0 Å². The summed E-state index contributed by atoms with van der Waals surface area (Å²) in [7, 11) is 0. The molecule has 2 amide bonds. The number of aromatic nitrogens is 4. The van der Waals surface area contributed by atoms with Gasteiger partial charge in [-0.25, -0.2) is 24.5 Å². The van der Waals surface area contributed by atoms with Crippen molar-refractivity contribution in [2.45, 2.75) is 85.6 Å². The molecule has 3 unspecified atom stereocenters. The van der Waals surface area contributed by atoms with Crippen LogP contribution < -0.4 is 15.8 Å². The lowest BCUT2D eigenvalue weighted by Crippen LogP contribution is -2.44. The number of anilines is 1. The lowest BCUT2D eigenvalue weighted by atomic mass is 9.97. The Kier molecular flexibility index (Phi) is 13.3. The van der Waals surface area contributed by atoms with E-state index in [0.717, 1.165) is 18.6 Å². The van der Waals surface area contributed by atoms with Crippen LogP contribution in [0.1, 0.15) is 73.5 Å². The van der Waals surface area contributed by atoms with E-state index in [2.05, 4.69) is 25.6 Å². The summed E-state index contributed by atoms with van der Waals surface area (Å²) in [6.45, 7) is 8.77. The van der Waals surface area contributed by atoms with Crippen molar-refractivity contribution >= 4 is 59.1 Å². The van der Waals surface area contributed by atoms with Gasteiger partial charge in [-0.05, 0) is 60.8 Å². The number of carbonyl (C=O) groups excluding carboxylic acids is 5. The van der Waals surface area contributed by atoms with Gasteiger partial charge in [-0.15, -0.1) is 0 Å². The number of nitrogens with one attached hydrogen (secondary N) is 2. The molecule has 1 aliphatic rings. The molecule has 3 heterocycles.